The summed E-state index contributed by atoms with van der Waals surface area (Å²) in [4.78, 5) is 7.30. The van der Waals surface area contributed by atoms with E-state index in [1.807, 2.05) is 23.7 Å². The molecule has 3 aromatic rings. The van der Waals surface area contributed by atoms with Crippen molar-refractivity contribution in [3.05, 3.63) is 58.0 Å². The Morgan fingerprint density at radius 2 is 2.21 bits per heavy atom. The van der Waals surface area contributed by atoms with Crippen LogP contribution in [0.2, 0.25) is 0 Å². The first-order valence-electron chi connectivity index (χ1n) is 7.62. The average Bonchev–Trinajstić information content (AvgIpc) is 2.96. The van der Waals surface area contributed by atoms with Crippen LogP contribution in [0, 0.1) is 10.6 Å². The minimum atomic E-state index is -0.260. The predicted octanol–water partition coefficient (Wildman–Crippen LogP) is 3.08. The first-order chi connectivity index (χ1) is 11.6. The maximum Gasteiger partial charge on any atom is 0.296 e. The first kappa shape index (κ1) is 15.0. The molecule has 7 heteroatoms. The highest BCUT2D eigenvalue weighted by Crippen LogP contribution is 2.35. The van der Waals surface area contributed by atoms with E-state index in [0.29, 0.717) is 17.1 Å². The molecule has 2 aromatic heterocycles. The molecule has 24 heavy (non-hydrogen) atoms. The Hall–Kier alpha value is -2.54. The molecule has 0 bridgehead atoms. The number of methoxy groups -OCH3 is 1. The van der Waals surface area contributed by atoms with E-state index in [4.69, 9.17) is 17.0 Å². The summed E-state index contributed by atoms with van der Waals surface area (Å²) in [6.45, 7) is 2.02. The van der Waals surface area contributed by atoms with Gasteiger partial charge in [0.1, 0.15) is 11.9 Å². The number of hydrogen-bond acceptors (Lipinski definition) is 3. The number of H-pyrrole nitrogens is 2. The Bertz CT molecular complexity index is 994. The van der Waals surface area contributed by atoms with Crippen molar-refractivity contribution < 1.29 is 13.8 Å². The van der Waals surface area contributed by atoms with Crippen LogP contribution < -0.4 is 9.42 Å². The Morgan fingerprint density at radius 3 is 3.00 bits per heavy atom. The van der Waals surface area contributed by atoms with Gasteiger partial charge in [-0.15, -0.1) is 0 Å². The topological polar surface area (TPSA) is 57.6 Å². The quantitative estimate of drug-likeness (QED) is 0.555. The van der Waals surface area contributed by atoms with Gasteiger partial charge in [0.2, 0.25) is 5.88 Å². The number of hydrogen-bond donors (Lipinski definition) is 2. The van der Waals surface area contributed by atoms with Gasteiger partial charge >= 0.3 is 0 Å². The Balaban J connectivity index is 1.93. The number of nitrogens with zero attached hydrogens (tertiary/aromatic N) is 2. The summed E-state index contributed by atoms with van der Waals surface area (Å²) in [5.41, 5.74) is 3.77. The van der Waals surface area contributed by atoms with Crippen LogP contribution >= 0.6 is 12.2 Å². The minimum Gasteiger partial charge on any atom is -0.481 e. The number of benzene rings is 1. The molecule has 1 unspecified atom stereocenters. The zero-order valence-corrected chi connectivity index (χ0v) is 14.1. The molecule has 0 spiro atoms. The Morgan fingerprint density at radius 1 is 1.38 bits per heavy atom. The van der Waals surface area contributed by atoms with Crippen LogP contribution in [0.15, 0.2) is 30.5 Å². The highest BCUT2D eigenvalue weighted by molar-refractivity contribution is 7.71. The van der Waals surface area contributed by atoms with Crippen LogP contribution in [-0.4, -0.2) is 22.2 Å². The maximum absolute atomic E-state index is 14.3. The van der Waals surface area contributed by atoms with Gasteiger partial charge in [-0.3, -0.25) is 0 Å². The predicted molar refractivity (Wildman–Crippen MR) is 89.0 cm³/mol. The molecule has 0 fully saturated rings. The molecule has 0 aliphatic carbocycles. The lowest BCUT2D eigenvalue weighted by atomic mass is 9.88. The standard InChI is InChI=1S/C17H15FN4OS/c1-9-12-6-11(18)7-13(10-3-4-19-16(5-10)23-2)14(12)8-15-20-17(24)21-22(9)15/h3-7,9H,8H2,1-2H3,(H,21,24)/p+1. The van der Waals surface area contributed by atoms with Crippen LogP contribution in [0.5, 0.6) is 5.88 Å². The molecule has 1 aromatic carbocycles. The van der Waals surface area contributed by atoms with Crippen molar-refractivity contribution in [1.82, 2.24) is 15.1 Å². The van der Waals surface area contributed by atoms with Gasteiger partial charge in [-0.2, -0.15) is 9.78 Å². The number of fused-ring (bicyclic) bond motifs is 2. The summed E-state index contributed by atoms with van der Waals surface area (Å²) in [7, 11) is 1.57. The van der Waals surface area contributed by atoms with E-state index in [2.05, 4.69) is 15.1 Å². The van der Waals surface area contributed by atoms with Gasteiger partial charge in [-0.25, -0.2) is 14.4 Å². The largest absolute Gasteiger partial charge is 0.481 e. The minimum absolute atomic E-state index is 0.0325. The maximum atomic E-state index is 14.3. The lowest BCUT2D eigenvalue weighted by molar-refractivity contribution is -0.772. The number of nitrogens with one attached hydrogen (secondary N) is 2. The fourth-order valence-electron chi connectivity index (χ4n) is 3.34. The van der Waals surface area contributed by atoms with Crippen molar-refractivity contribution in [3.63, 3.8) is 0 Å². The van der Waals surface area contributed by atoms with Gasteiger partial charge < -0.3 is 4.74 Å². The second-order valence-electron chi connectivity index (χ2n) is 5.84. The summed E-state index contributed by atoms with van der Waals surface area (Å²) in [5.74, 6) is 1.23. The number of aromatic nitrogens is 4. The van der Waals surface area contributed by atoms with E-state index in [1.165, 1.54) is 0 Å². The molecule has 3 heterocycles. The summed E-state index contributed by atoms with van der Waals surface area (Å²) >= 11 is 5.20. The molecular formula is C17H16FN4OS+. The lowest BCUT2D eigenvalue weighted by Gasteiger charge is -2.22. The van der Waals surface area contributed by atoms with Crippen molar-refractivity contribution in [3.8, 4) is 17.0 Å². The van der Waals surface area contributed by atoms with Gasteiger partial charge in [0.25, 0.3) is 10.6 Å². The molecular weight excluding hydrogens is 327 g/mol. The van der Waals surface area contributed by atoms with Crippen molar-refractivity contribution in [1.29, 1.82) is 0 Å². The van der Waals surface area contributed by atoms with Gasteiger partial charge in [0, 0.05) is 17.8 Å². The van der Waals surface area contributed by atoms with Crippen LogP contribution in [-0.2, 0) is 6.42 Å². The molecule has 4 rings (SSSR count). The smallest absolute Gasteiger partial charge is 0.296 e. The number of aromatic amines is 2. The zero-order valence-electron chi connectivity index (χ0n) is 13.3. The number of ether oxygens (including phenoxy) is 1. The van der Waals surface area contributed by atoms with E-state index < -0.39 is 0 Å². The van der Waals surface area contributed by atoms with E-state index in [0.717, 1.165) is 28.1 Å². The van der Waals surface area contributed by atoms with Crippen molar-refractivity contribution >= 4 is 12.2 Å². The lowest BCUT2D eigenvalue weighted by Crippen LogP contribution is -2.47. The number of pyridine rings is 1. The first-order valence-corrected chi connectivity index (χ1v) is 8.03. The van der Waals surface area contributed by atoms with Gasteiger partial charge in [-0.1, -0.05) is 0 Å². The molecule has 1 atom stereocenters. The molecule has 2 N–H and O–H groups in total. The van der Waals surface area contributed by atoms with Gasteiger partial charge in [0.05, 0.1) is 13.5 Å². The zero-order chi connectivity index (χ0) is 16.8. The van der Waals surface area contributed by atoms with Gasteiger partial charge in [-0.05, 0) is 54.0 Å². The third-order valence-corrected chi connectivity index (χ3v) is 4.65. The number of halogens is 1. The van der Waals surface area contributed by atoms with Crippen molar-refractivity contribution in [2.45, 2.75) is 19.4 Å². The fraction of sp³-hybridized carbons (Fsp3) is 0.235. The third-order valence-electron chi connectivity index (χ3n) is 4.46. The summed E-state index contributed by atoms with van der Waals surface area (Å²) < 4.78 is 22.0. The fourth-order valence-corrected chi connectivity index (χ4v) is 3.55. The molecule has 5 nitrogen and oxygen atoms in total. The second kappa shape index (κ2) is 5.52. The molecule has 0 radical (unpaired) electrons. The van der Waals surface area contributed by atoms with Crippen molar-refractivity contribution in [2.24, 2.45) is 0 Å². The highest BCUT2D eigenvalue weighted by Gasteiger charge is 2.31. The van der Waals surface area contributed by atoms with Gasteiger partial charge in [0.15, 0.2) is 0 Å². The molecule has 122 valence electrons. The molecule has 1 aliphatic rings. The monoisotopic (exact) mass is 343 g/mol. The highest BCUT2D eigenvalue weighted by atomic mass is 32.1. The Kier molecular flexibility index (Phi) is 3.45. The average molecular weight is 343 g/mol. The number of rotatable bonds is 2. The second-order valence-corrected chi connectivity index (χ2v) is 6.25. The van der Waals surface area contributed by atoms with Crippen LogP contribution in [0.4, 0.5) is 4.39 Å². The van der Waals surface area contributed by atoms with E-state index >= 15 is 0 Å². The van der Waals surface area contributed by atoms with E-state index in [-0.39, 0.29) is 11.9 Å². The van der Waals surface area contributed by atoms with Crippen molar-refractivity contribution in [2.75, 3.05) is 7.11 Å². The van der Waals surface area contributed by atoms with Crippen LogP contribution in [0.3, 0.4) is 0 Å². The summed E-state index contributed by atoms with van der Waals surface area (Å²) in [6.07, 6.45) is 2.31. The SMILES string of the molecule is COc1cc(-c2cc(F)cc3c2Cc2[nH]c(=S)[nH][n+]2C3C)ccn1. The molecule has 0 saturated carbocycles. The summed E-state index contributed by atoms with van der Waals surface area (Å²) in [6, 6.07) is 6.82. The third kappa shape index (κ3) is 2.32. The Labute approximate surface area is 143 Å². The molecule has 1 aliphatic heterocycles. The summed E-state index contributed by atoms with van der Waals surface area (Å²) in [5, 5.41) is 3.11. The van der Waals surface area contributed by atoms with E-state index in [1.54, 1.807) is 25.4 Å². The van der Waals surface area contributed by atoms with E-state index in [9.17, 15) is 4.39 Å². The molecule has 0 saturated heterocycles. The van der Waals surface area contributed by atoms with Crippen LogP contribution in [0.25, 0.3) is 11.1 Å². The normalized spacial score (nSPS) is 15.7. The molecule has 0 amide bonds. The van der Waals surface area contributed by atoms with Crippen LogP contribution in [0.1, 0.15) is 29.9 Å².